The molecule has 5 unspecified atom stereocenters. The fourth-order valence-electron chi connectivity index (χ4n) is 8.15. The lowest BCUT2D eigenvalue weighted by Gasteiger charge is -2.31. The lowest BCUT2D eigenvalue weighted by molar-refractivity contribution is -0.145. The van der Waals surface area contributed by atoms with Crippen LogP contribution in [0.2, 0.25) is 0 Å². The van der Waals surface area contributed by atoms with Crippen molar-refractivity contribution in [2.75, 3.05) is 13.1 Å². The highest BCUT2D eigenvalue weighted by Crippen LogP contribution is 2.21. The quantitative estimate of drug-likeness (QED) is 0.0221. The molecule has 426 valence electrons. The van der Waals surface area contributed by atoms with E-state index in [1.54, 1.807) is 58.0 Å². The van der Waals surface area contributed by atoms with Gasteiger partial charge in [0.15, 0.2) is 5.96 Å². The van der Waals surface area contributed by atoms with Crippen molar-refractivity contribution < 1.29 is 68.4 Å². The first-order chi connectivity index (χ1) is 36.8. The first-order valence-electron chi connectivity index (χ1n) is 25.1. The number of carboxylic acid groups (broad SMARTS) is 3. The zero-order chi connectivity index (χ0) is 58.2. The van der Waals surface area contributed by atoms with Gasteiger partial charge >= 0.3 is 11.9 Å². The number of H-pyrrole nitrogens is 1. The number of benzene rings is 2. The molecule has 1 saturated heterocycles. The van der Waals surface area contributed by atoms with Crippen molar-refractivity contribution in [3.05, 3.63) is 83.9 Å². The summed E-state index contributed by atoms with van der Waals surface area (Å²) in [7, 11) is 0. The normalized spacial score (nSPS) is 15.5. The van der Waals surface area contributed by atoms with E-state index in [2.05, 4.69) is 46.9 Å². The van der Waals surface area contributed by atoms with Gasteiger partial charge in [-0.05, 0) is 60.8 Å². The van der Waals surface area contributed by atoms with Crippen molar-refractivity contribution >= 4 is 65.2 Å². The molecule has 0 saturated carbocycles. The van der Waals surface area contributed by atoms with E-state index in [4.69, 9.17) is 32.2 Å². The number of amides is 7. The van der Waals surface area contributed by atoms with Crippen LogP contribution in [0.25, 0.3) is 0 Å². The second-order valence-corrected chi connectivity index (χ2v) is 19.2. The maximum Gasteiger partial charge on any atom is 0.326 e. The second kappa shape index (κ2) is 31.4. The number of nitrogens with two attached hydrogens (primary N) is 3. The fraction of sp³-hybridized carbons (Fsp3) is 0.490. The number of aromatic nitrogens is 2. The number of aliphatic carboxylic acids is 3. The van der Waals surface area contributed by atoms with Crippen LogP contribution < -0.4 is 49.1 Å². The van der Waals surface area contributed by atoms with Crippen LogP contribution >= 0.6 is 0 Å². The Bertz CT molecular complexity index is 2540. The molecule has 2 heterocycles. The number of nitrogens with zero attached hydrogens (tertiary/aromatic N) is 3. The highest BCUT2D eigenvalue weighted by molar-refractivity contribution is 5.98. The van der Waals surface area contributed by atoms with Crippen molar-refractivity contribution in [2.45, 2.75) is 134 Å². The number of guanidine groups is 1. The molecule has 0 spiro atoms. The highest BCUT2D eigenvalue weighted by atomic mass is 16.4. The van der Waals surface area contributed by atoms with Gasteiger partial charge in [0.25, 0.3) is 5.97 Å². The van der Waals surface area contributed by atoms with Crippen molar-refractivity contribution in [3.63, 3.8) is 0 Å². The molecular formula is C51H73N13O14. The van der Waals surface area contributed by atoms with Crippen LogP contribution in [0.4, 0.5) is 0 Å². The number of nitrogens with one attached hydrogen (secondary N) is 7. The number of rotatable bonds is 28. The topological polar surface area (TPSA) is 446 Å². The van der Waals surface area contributed by atoms with E-state index in [1.165, 1.54) is 41.7 Å². The molecule has 0 bridgehead atoms. The second-order valence-electron chi connectivity index (χ2n) is 19.2. The van der Waals surface area contributed by atoms with E-state index < -0.39 is 126 Å². The van der Waals surface area contributed by atoms with Gasteiger partial charge in [-0.1, -0.05) is 70.2 Å². The summed E-state index contributed by atoms with van der Waals surface area (Å²) in [6, 6.07) is 3.91. The van der Waals surface area contributed by atoms with Gasteiger partial charge in [-0.2, -0.15) is 0 Å². The number of aliphatic imine (C=N–C) groups is 1. The Morgan fingerprint density at radius 2 is 1.24 bits per heavy atom. The molecule has 1 fully saturated rings. The van der Waals surface area contributed by atoms with Crippen molar-refractivity contribution in [2.24, 2.45) is 34.0 Å². The van der Waals surface area contributed by atoms with Crippen LogP contribution in [-0.2, 0) is 67.2 Å². The standard InChI is InChI=1S/C49H69N13O12.C2H4O2/c1-26(2)39(60-42(67)33(12-8-18-54-49(51)52)56-41(66)32(50)23-38(64)65)45(70)57-34(20-29-14-16-31(63)17-15-29)43(68)61-40(27(3)4)46(71)58-35(22-30-24-53-25-55-30)47(72)62-19-9-13-37(62)44(69)59-36(48(73)74)21-28-10-6-5-7-11-28;1-2(3)4/h5-7,10-11,14-17,24-27,32-37,39-40,63H,8-9,12-13,18-23,50H2,1-4H3,(H,53,55)(H,56,66)(H,57,70)(H,58,71)(H,59,69)(H,60,67)(H,61,68)(H,64,65)(H,73,74)(H4,51,52,54);1H3,(H,3,4)/t32-,33?,34-,35-,36?,37?,39?,40?;/m0./s1. The Morgan fingerprint density at radius 3 is 1.77 bits per heavy atom. The van der Waals surface area contributed by atoms with Crippen LogP contribution in [0.15, 0.2) is 72.1 Å². The predicted octanol–water partition coefficient (Wildman–Crippen LogP) is -1.61. The Kier molecular flexibility index (Phi) is 25.7. The van der Waals surface area contributed by atoms with Crippen LogP contribution in [0.3, 0.4) is 0 Å². The summed E-state index contributed by atoms with van der Waals surface area (Å²) in [5.41, 5.74) is 18.2. The third-order valence-corrected chi connectivity index (χ3v) is 12.1. The molecule has 27 heteroatoms. The number of phenols is 1. The monoisotopic (exact) mass is 1090 g/mol. The van der Waals surface area contributed by atoms with Gasteiger partial charge in [-0.25, -0.2) is 9.78 Å². The molecule has 2 aromatic carbocycles. The number of likely N-dealkylation sites (tertiary alicyclic amines) is 1. The Labute approximate surface area is 450 Å². The number of hydrogen-bond acceptors (Lipinski definition) is 14. The van der Waals surface area contributed by atoms with Crippen LogP contribution in [0.1, 0.15) is 83.5 Å². The summed E-state index contributed by atoms with van der Waals surface area (Å²) in [6.45, 7) is 7.79. The van der Waals surface area contributed by atoms with Gasteiger partial charge in [0.05, 0.1) is 18.8 Å². The highest BCUT2D eigenvalue weighted by Gasteiger charge is 2.41. The molecule has 0 aliphatic carbocycles. The molecular weight excluding hydrogens is 1020 g/mol. The maximum atomic E-state index is 14.5. The van der Waals surface area contributed by atoms with Gasteiger partial charge in [-0.3, -0.25) is 48.1 Å². The number of carbonyl (C=O) groups is 10. The minimum absolute atomic E-state index is 0.00251. The zero-order valence-electron chi connectivity index (χ0n) is 44.1. The van der Waals surface area contributed by atoms with Gasteiger partial charge in [0.2, 0.25) is 41.4 Å². The van der Waals surface area contributed by atoms with E-state index in [0.717, 1.165) is 6.92 Å². The summed E-state index contributed by atoms with van der Waals surface area (Å²) < 4.78 is 0. The molecule has 1 aliphatic heterocycles. The molecule has 17 N–H and O–H groups in total. The SMILES string of the molecule is CC(=O)O.CC(C)C(NC(=O)C(CCCN=C(N)N)NC(=O)[C@@H](N)CC(=O)O)C(=O)N[C@@H](Cc1ccc(O)cc1)C(=O)NC(C(=O)N[C@@H](Cc1cnc[nH]1)C(=O)N1CCCC1C(=O)NC(Cc1ccccc1)C(=O)O)C(C)C. The van der Waals surface area contributed by atoms with E-state index >= 15 is 0 Å². The number of imidazole rings is 1. The summed E-state index contributed by atoms with van der Waals surface area (Å²) in [5.74, 6) is -10.6. The maximum absolute atomic E-state index is 14.5. The Morgan fingerprint density at radius 1 is 0.705 bits per heavy atom. The summed E-state index contributed by atoms with van der Waals surface area (Å²) >= 11 is 0. The van der Waals surface area contributed by atoms with E-state index in [-0.39, 0.29) is 63.3 Å². The van der Waals surface area contributed by atoms with Crippen LogP contribution in [0, 0.1) is 11.8 Å². The number of aromatic amines is 1. The lowest BCUT2D eigenvalue weighted by Crippen LogP contribution is -2.62. The minimum Gasteiger partial charge on any atom is -0.508 e. The summed E-state index contributed by atoms with van der Waals surface area (Å²) in [5, 5.41) is 52.3. The largest absolute Gasteiger partial charge is 0.508 e. The van der Waals surface area contributed by atoms with Gasteiger partial charge < -0.3 is 79.4 Å². The summed E-state index contributed by atoms with van der Waals surface area (Å²) in [6.07, 6.45) is 2.55. The van der Waals surface area contributed by atoms with E-state index in [0.29, 0.717) is 23.2 Å². The number of hydrogen-bond donors (Lipinski definition) is 14. The molecule has 3 aromatic rings. The predicted molar refractivity (Wildman–Crippen MR) is 281 cm³/mol. The van der Waals surface area contributed by atoms with Gasteiger partial charge in [0, 0.05) is 51.2 Å². The molecule has 0 radical (unpaired) electrons. The molecule has 8 atom stereocenters. The molecule has 7 amide bonds. The zero-order valence-corrected chi connectivity index (χ0v) is 44.1. The Hall–Kier alpha value is -8.62. The third kappa shape index (κ3) is 21.5. The lowest BCUT2D eigenvalue weighted by atomic mass is 9.98. The molecule has 78 heavy (non-hydrogen) atoms. The van der Waals surface area contributed by atoms with Gasteiger partial charge in [0.1, 0.15) is 48.0 Å². The molecule has 27 nitrogen and oxygen atoms in total. The number of carboxylic acids is 3. The molecule has 4 rings (SSSR count). The van der Waals surface area contributed by atoms with E-state index in [1.807, 2.05) is 0 Å². The number of carbonyl (C=O) groups excluding carboxylic acids is 7. The average Bonchev–Trinajstić information content (AvgIpc) is 4.09. The summed E-state index contributed by atoms with van der Waals surface area (Å²) in [4.78, 5) is 143. The van der Waals surface area contributed by atoms with Crippen molar-refractivity contribution in [3.8, 4) is 5.75 Å². The Balaban J connectivity index is 0.00000386. The fourth-order valence-corrected chi connectivity index (χ4v) is 8.15. The first-order valence-corrected chi connectivity index (χ1v) is 25.1. The number of phenolic OH excluding ortho intramolecular Hbond substituents is 1. The van der Waals surface area contributed by atoms with Crippen LogP contribution in [0.5, 0.6) is 5.75 Å². The molecule has 1 aromatic heterocycles. The van der Waals surface area contributed by atoms with Crippen LogP contribution in [-0.4, -0.2) is 162 Å². The average molecular weight is 1090 g/mol. The smallest absolute Gasteiger partial charge is 0.326 e. The minimum atomic E-state index is -1.51. The van der Waals surface area contributed by atoms with Gasteiger partial charge in [-0.15, -0.1) is 0 Å². The van der Waals surface area contributed by atoms with Crippen molar-refractivity contribution in [1.29, 1.82) is 0 Å². The van der Waals surface area contributed by atoms with E-state index in [9.17, 15) is 53.4 Å². The molecule has 1 aliphatic rings. The van der Waals surface area contributed by atoms with Crippen molar-refractivity contribution in [1.82, 2.24) is 46.8 Å². The third-order valence-electron chi connectivity index (χ3n) is 12.1. The number of aromatic hydroxyl groups is 1. The first kappa shape index (κ1) is 63.7.